The number of nitrogens with one attached hydrogen (secondary N) is 1. The van der Waals surface area contributed by atoms with Crippen molar-refractivity contribution in [3.05, 3.63) is 45.8 Å². The zero-order valence-corrected chi connectivity index (χ0v) is 12.3. The standard InChI is InChI=1S/C14H18N4O3/c1-4-11-12(9-17(2)16-11)15-8-10-5-6-14(21-3)13(7-10)18(19)20/h5-7,9,15H,4,8H2,1-3H3. The van der Waals surface area contributed by atoms with Gasteiger partial charge in [0.2, 0.25) is 0 Å². The van der Waals surface area contributed by atoms with Crippen LogP contribution in [0.25, 0.3) is 0 Å². The molecule has 0 aliphatic heterocycles. The molecule has 0 radical (unpaired) electrons. The third kappa shape index (κ3) is 3.31. The highest BCUT2D eigenvalue weighted by molar-refractivity contribution is 5.51. The average Bonchev–Trinajstić information content (AvgIpc) is 2.84. The van der Waals surface area contributed by atoms with Gasteiger partial charge in [0.1, 0.15) is 0 Å². The first-order chi connectivity index (χ1) is 10.0. The molecule has 0 unspecified atom stereocenters. The second kappa shape index (κ2) is 6.25. The van der Waals surface area contributed by atoms with Crippen molar-refractivity contribution >= 4 is 11.4 Å². The molecule has 1 heterocycles. The van der Waals surface area contributed by atoms with Crippen molar-refractivity contribution < 1.29 is 9.66 Å². The topological polar surface area (TPSA) is 82.2 Å². The molecule has 1 aromatic carbocycles. The van der Waals surface area contributed by atoms with E-state index in [-0.39, 0.29) is 11.4 Å². The predicted octanol–water partition coefficient (Wildman–Crippen LogP) is 2.51. The van der Waals surface area contributed by atoms with Crippen molar-refractivity contribution in [2.75, 3.05) is 12.4 Å². The summed E-state index contributed by atoms with van der Waals surface area (Å²) in [5.74, 6) is 0.263. The Labute approximate surface area is 122 Å². The number of nitro benzene ring substituents is 1. The monoisotopic (exact) mass is 290 g/mol. The highest BCUT2D eigenvalue weighted by Gasteiger charge is 2.15. The van der Waals surface area contributed by atoms with E-state index in [1.165, 1.54) is 13.2 Å². The molecule has 0 atom stereocenters. The Balaban J connectivity index is 2.16. The Morgan fingerprint density at radius 3 is 2.86 bits per heavy atom. The number of rotatable bonds is 6. The molecule has 0 amide bonds. The lowest BCUT2D eigenvalue weighted by molar-refractivity contribution is -0.385. The van der Waals surface area contributed by atoms with Crippen LogP contribution in [0.1, 0.15) is 18.2 Å². The lowest BCUT2D eigenvalue weighted by Crippen LogP contribution is -2.02. The van der Waals surface area contributed by atoms with Crippen LogP contribution in [0.5, 0.6) is 5.75 Å². The number of anilines is 1. The van der Waals surface area contributed by atoms with E-state index in [4.69, 9.17) is 4.74 Å². The summed E-state index contributed by atoms with van der Waals surface area (Å²) in [6, 6.07) is 4.94. The molecule has 7 heteroatoms. The van der Waals surface area contributed by atoms with E-state index in [1.54, 1.807) is 16.8 Å². The van der Waals surface area contributed by atoms with Crippen molar-refractivity contribution in [2.24, 2.45) is 7.05 Å². The summed E-state index contributed by atoms with van der Waals surface area (Å²) in [5.41, 5.74) is 2.70. The number of benzene rings is 1. The van der Waals surface area contributed by atoms with E-state index in [0.717, 1.165) is 23.4 Å². The molecule has 0 aliphatic carbocycles. The maximum atomic E-state index is 11.0. The second-order valence-electron chi connectivity index (χ2n) is 4.63. The molecule has 0 spiro atoms. The molecule has 0 aliphatic rings. The zero-order chi connectivity index (χ0) is 15.4. The van der Waals surface area contributed by atoms with E-state index in [1.807, 2.05) is 20.2 Å². The van der Waals surface area contributed by atoms with E-state index < -0.39 is 4.92 Å². The Bertz CT molecular complexity index is 652. The number of ether oxygens (including phenoxy) is 1. The van der Waals surface area contributed by atoms with Crippen LogP contribution in [0.3, 0.4) is 0 Å². The Morgan fingerprint density at radius 2 is 2.24 bits per heavy atom. The fraction of sp³-hybridized carbons (Fsp3) is 0.357. The van der Waals surface area contributed by atoms with Crippen LogP contribution in [0.2, 0.25) is 0 Å². The lowest BCUT2D eigenvalue weighted by atomic mass is 10.2. The van der Waals surface area contributed by atoms with Crippen molar-refractivity contribution in [1.82, 2.24) is 9.78 Å². The Hall–Kier alpha value is -2.57. The third-order valence-electron chi connectivity index (χ3n) is 3.16. The van der Waals surface area contributed by atoms with Gasteiger partial charge in [0.25, 0.3) is 0 Å². The van der Waals surface area contributed by atoms with Crippen LogP contribution in [-0.2, 0) is 20.0 Å². The lowest BCUT2D eigenvalue weighted by Gasteiger charge is -2.07. The summed E-state index contributed by atoms with van der Waals surface area (Å²) < 4.78 is 6.74. The summed E-state index contributed by atoms with van der Waals surface area (Å²) in [5, 5.41) is 18.6. The van der Waals surface area contributed by atoms with Crippen LogP contribution in [0.4, 0.5) is 11.4 Å². The van der Waals surface area contributed by atoms with E-state index in [2.05, 4.69) is 10.4 Å². The van der Waals surface area contributed by atoms with Crippen molar-refractivity contribution in [3.63, 3.8) is 0 Å². The van der Waals surface area contributed by atoms with Crippen LogP contribution in [0.15, 0.2) is 24.4 Å². The number of aryl methyl sites for hydroxylation is 2. The van der Waals surface area contributed by atoms with Crippen molar-refractivity contribution in [1.29, 1.82) is 0 Å². The Morgan fingerprint density at radius 1 is 1.48 bits per heavy atom. The number of methoxy groups -OCH3 is 1. The van der Waals surface area contributed by atoms with E-state index in [9.17, 15) is 10.1 Å². The van der Waals surface area contributed by atoms with Crippen LogP contribution in [-0.4, -0.2) is 21.8 Å². The fourth-order valence-electron chi connectivity index (χ4n) is 2.13. The molecule has 2 aromatic rings. The smallest absolute Gasteiger partial charge is 0.311 e. The highest BCUT2D eigenvalue weighted by Crippen LogP contribution is 2.28. The molecule has 7 nitrogen and oxygen atoms in total. The molecule has 2 rings (SSSR count). The number of hydrogen-bond donors (Lipinski definition) is 1. The van der Waals surface area contributed by atoms with Crippen LogP contribution >= 0.6 is 0 Å². The summed E-state index contributed by atoms with van der Waals surface area (Å²) in [7, 11) is 3.28. The summed E-state index contributed by atoms with van der Waals surface area (Å²) in [6.45, 7) is 2.52. The number of aromatic nitrogens is 2. The van der Waals surface area contributed by atoms with Crippen molar-refractivity contribution in [2.45, 2.75) is 19.9 Å². The number of hydrogen-bond acceptors (Lipinski definition) is 5. The Kier molecular flexibility index (Phi) is 4.42. The second-order valence-corrected chi connectivity index (χ2v) is 4.63. The quantitative estimate of drug-likeness (QED) is 0.653. The molecule has 0 saturated carbocycles. The first-order valence-corrected chi connectivity index (χ1v) is 6.62. The minimum atomic E-state index is -0.441. The molecule has 0 bridgehead atoms. The van der Waals surface area contributed by atoms with E-state index >= 15 is 0 Å². The first kappa shape index (κ1) is 14.8. The molecule has 1 N–H and O–H groups in total. The number of nitro groups is 1. The maximum absolute atomic E-state index is 11.0. The largest absolute Gasteiger partial charge is 0.490 e. The van der Waals surface area contributed by atoms with Crippen LogP contribution < -0.4 is 10.1 Å². The van der Waals surface area contributed by atoms with Gasteiger partial charge < -0.3 is 10.1 Å². The van der Waals surface area contributed by atoms with Gasteiger partial charge in [-0.15, -0.1) is 0 Å². The first-order valence-electron chi connectivity index (χ1n) is 6.62. The minimum Gasteiger partial charge on any atom is -0.490 e. The average molecular weight is 290 g/mol. The van der Waals surface area contributed by atoms with Crippen molar-refractivity contribution in [3.8, 4) is 5.75 Å². The van der Waals surface area contributed by atoms with Gasteiger partial charge in [0.05, 0.1) is 23.4 Å². The van der Waals surface area contributed by atoms with E-state index in [0.29, 0.717) is 6.54 Å². The van der Waals surface area contributed by atoms with Gasteiger partial charge >= 0.3 is 5.69 Å². The predicted molar refractivity (Wildman–Crippen MR) is 79.6 cm³/mol. The molecule has 21 heavy (non-hydrogen) atoms. The van der Waals surface area contributed by atoms with Gasteiger partial charge in [-0.3, -0.25) is 14.8 Å². The van der Waals surface area contributed by atoms with Crippen LogP contribution in [0, 0.1) is 10.1 Å². The molecule has 0 saturated heterocycles. The summed E-state index contributed by atoms with van der Waals surface area (Å²) in [6.07, 6.45) is 2.72. The number of nitrogens with zero attached hydrogens (tertiary/aromatic N) is 3. The fourth-order valence-corrected chi connectivity index (χ4v) is 2.13. The van der Waals surface area contributed by atoms with Gasteiger partial charge in [0.15, 0.2) is 5.75 Å². The van der Waals surface area contributed by atoms with Gasteiger partial charge in [-0.1, -0.05) is 13.0 Å². The molecule has 1 aromatic heterocycles. The van der Waals surface area contributed by atoms with Gasteiger partial charge in [-0.25, -0.2) is 0 Å². The SMILES string of the molecule is CCc1nn(C)cc1NCc1ccc(OC)c([N+](=O)[O-])c1. The minimum absolute atomic E-state index is 0.0290. The highest BCUT2D eigenvalue weighted by atomic mass is 16.6. The summed E-state index contributed by atoms with van der Waals surface area (Å²) >= 11 is 0. The molecule has 0 fully saturated rings. The molecular weight excluding hydrogens is 272 g/mol. The summed E-state index contributed by atoms with van der Waals surface area (Å²) in [4.78, 5) is 10.6. The maximum Gasteiger partial charge on any atom is 0.311 e. The molecular formula is C14H18N4O3. The van der Waals surface area contributed by atoms with Gasteiger partial charge in [0, 0.05) is 25.9 Å². The normalized spacial score (nSPS) is 10.4. The zero-order valence-electron chi connectivity index (χ0n) is 12.3. The van der Waals surface area contributed by atoms with Gasteiger partial charge in [-0.2, -0.15) is 5.10 Å². The third-order valence-corrected chi connectivity index (χ3v) is 3.16. The van der Waals surface area contributed by atoms with Gasteiger partial charge in [-0.05, 0) is 18.1 Å². The molecule has 112 valence electrons.